The molecule has 2 aliphatic rings. The Morgan fingerprint density at radius 2 is 2.00 bits per heavy atom. The van der Waals surface area contributed by atoms with E-state index in [0.29, 0.717) is 5.69 Å². The molecule has 2 aromatic rings. The van der Waals surface area contributed by atoms with Gasteiger partial charge in [0.1, 0.15) is 5.69 Å². The highest BCUT2D eigenvalue weighted by molar-refractivity contribution is 6.15. The molecule has 0 amide bonds. The molecule has 0 radical (unpaired) electrons. The molecule has 1 saturated heterocycles. The van der Waals surface area contributed by atoms with E-state index in [1.165, 1.54) is 0 Å². The van der Waals surface area contributed by atoms with E-state index in [9.17, 15) is 10.1 Å². The summed E-state index contributed by atoms with van der Waals surface area (Å²) < 4.78 is 0. The van der Waals surface area contributed by atoms with Crippen LogP contribution >= 0.6 is 0 Å². The second kappa shape index (κ2) is 7.70. The first-order chi connectivity index (χ1) is 13.2. The monoisotopic (exact) mass is 363 g/mol. The van der Waals surface area contributed by atoms with Crippen LogP contribution in [0.3, 0.4) is 0 Å². The summed E-state index contributed by atoms with van der Waals surface area (Å²) in [5, 5.41) is 9.62. The van der Waals surface area contributed by atoms with Crippen LogP contribution in [0, 0.1) is 4.91 Å². The summed E-state index contributed by atoms with van der Waals surface area (Å²) in [5.41, 5.74) is 5.06. The number of hydrogen-bond donors (Lipinski definition) is 1. The fourth-order valence-electron chi connectivity index (χ4n) is 3.81. The second-order valence-electron chi connectivity index (χ2n) is 6.96. The van der Waals surface area contributed by atoms with E-state index in [-0.39, 0.29) is 4.92 Å². The van der Waals surface area contributed by atoms with Crippen molar-refractivity contribution in [1.29, 1.82) is 0 Å². The third kappa shape index (κ3) is 3.74. The molecule has 6 heteroatoms. The van der Waals surface area contributed by atoms with Crippen LogP contribution < -0.4 is 4.90 Å². The summed E-state index contributed by atoms with van der Waals surface area (Å²) in [6.45, 7) is 2.64. The third-order valence-electron chi connectivity index (χ3n) is 5.11. The fourth-order valence-corrected chi connectivity index (χ4v) is 3.81. The maximum absolute atomic E-state index is 11.7. The number of hydrogen-bond acceptors (Lipinski definition) is 4. The van der Waals surface area contributed by atoms with Gasteiger partial charge in [-0.2, -0.15) is 0 Å². The molecule has 1 aromatic heterocycles. The van der Waals surface area contributed by atoms with Gasteiger partial charge in [0, 0.05) is 43.7 Å². The number of pyridine rings is 1. The molecular weight excluding hydrogens is 340 g/mol. The molecular formula is C21H23N4O2+. The van der Waals surface area contributed by atoms with Crippen molar-refractivity contribution in [3.05, 3.63) is 64.3 Å². The van der Waals surface area contributed by atoms with Crippen molar-refractivity contribution in [3.63, 3.8) is 0 Å². The first-order valence-electron chi connectivity index (χ1n) is 9.43. The summed E-state index contributed by atoms with van der Waals surface area (Å²) in [6, 6.07) is 9.61. The molecule has 0 atom stereocenters. The maximum Gasteiger partial charge on any atom is 0.340 e. The molecule has 2 aliphatic heterocycles. The van der Waals surface area contributed by atoms with Crippen molar-refractivity contribution in [2.75, 3.05) is 24.5 Å². The fraction of sp³-hybridized carbons (Fsp3) is 0.333. The molecule has 27 heavy (non-hydrogen) atoms. The van der Waals surface area contributed by atoms with Crippen molar-refractivity contribution in [3.8, 4) is 0 Å². The zero-order valence-corrected chi connectivity index (χ0v) is 15.2. The zero-order valence-electron chi connectivity index (χ0n) is 15.2. The first kappa shape index (κ1) is 17.4. The summed E-state index contributed by atoms with van der Waals surface area (Å²) in [7, 11) is 0. The van der Waals surface area contributed by atoms with Crippen molar-refractivity contribution in [2.45, 2.75) is 25.7 Å². The number of rotatable bonds is 4. The Labute approximate surface area is 158 Å². The van der Waals surface area contributed by atoms with Crippen LogP contribution in [0.25, 0.3) is 6.08 Å². The average molecular weight is 363 g/mol. The minimum atomic E-state index is -0.0212. The second-order valence-corrected chi connectivity index (χ2v) is 6.96. The highest BCUT2D eigenvalue weighted by Gasteiger charge is 2.25. The minimum absolute atomic E-state index is 0.0212. The van der Waals surface area contributed by atoms with Gasteiger partial charge >= 0.3 is 5.69 Å². The predicted octanol–water partition coefficient (Wildman–Crippen LogP) is 4.15. The lowest BCUT2D eigenvalue weighted by Crippen LogP contribution is -2.19. The van der Waals surface area contributed by atoms with Gasteiger partial charge in [0.05, 0.1) is 10.6 Å². The Morgan fingerprint density at radius 3 is 2.74 bits per heavy atom. The Balaban J connectivity index is 1.70. The standard InChI is InChI=1S/C21H23N4O2/c26-25(27)20-14-16(7-8-19(20)24-11-1-2-12-24)13-17-5-4-10-23-21(17)18-6-3-9-22-15-18/h3,6-9,13-15H,1-2,4-5,10-12H2,(H,26,27)/q+1/b17-13+. The number of allylic oxidation sites excluding steroid dienone is 1. The zero-order chi connectivity index (χ0) is 18.6. The van der Waals surface area contributed by atoms with Crippen LogP contribution in [0.5, 0.6) is 0 Å². The Bertz CT molecular complexity index is 900. The normalized spacial score (nSPS) is 18.6. The maximum atomic E-state index is 11.7. The molecule has 0 unspecified atom stereocenters. The van der Waals surface area contributed by atoms with Gasteiger partial charge in [-0.05, 0) is 61.1 Å². The van der Waals surface area contributed by atoms with E-state index >= 15 is 0 Å². The minimum Gasteiger partial charge on any atom is -0.366 e. The largest absolute Gasteiger partial charge is 0.366 e. The number of aromatic nitrogens is 1. The molecule has 4 rings (SSSR count). The molecule has 0 bridgehead atoms. The number of aliphatic imine (C=N–C) groups is 1. The van der Waals surface area contributed by atoms with E-state index in [4.69, 9.17) is 4.99 Å². The van der Waals surface area contributed by atoms with Gasteiger partial charge in [-0.25, -0.2) is 5.21 Å². The molecule has 6 nitrogen and oxygen atoms in total. The topological polar surface area (TPSA) is 68.8 Å². The molecule has 0 saturated carbocycles. The van der Waals surface area contributed by atoms with E-state index in [1.807, 2.05) is 30.5 Å². The molecule has 0 aliphatic carbocycles. The van der Waals surface area contributed by atoms with Crippen LogP contribution in [-0.4, -0.2) is 40.5 Å². The van der Waals surface area contributed by atoms with Crippen LogP contribution in [0.1, 0.15) is 36.8 Å². The molecule has 3 heterocycles. The van der Waals surface area contributed by atoms with Crippen LogP contribution in [0.2, 0.25) is 0 Å². The van der Waals surface area contributed by atoms with Gasteiger partial charge in [0.2, 0.25) is 0 Å². The SMILES string of the molecule is O=[N+](O)c1cc(/C=C2\CCCN=C2c2cccnc2)ccc1N1CCCC1. The van der Waals surface area contributed by atoms with Gasteiger partial charge in [-0.1, -0.05) is 6.07 Å². The van der Waals surface area contributed by atoms with Crippen LogP contribution in [0.15, 0.2) is 53.3 Å². The van der Waals surface area contributed by atoms with E-state index < -0.39 is 0 Å². The van der Waals surface area contributed by atoms with Gasteiger partial charge in [-0.15, -0.1) is 0 Å². The molecule has 0 spiro atoms. The van der Waals surface area contributed by atoms with E-state index in [1.54, 1.807) is 12.3 Å². The summed E-state index contributed by atoms with van der Waals surface area (Å²) in [6.07, 6.45) is 9.79. The Kier molecular flexibility index (Phi) is 4.96. The van der Waals surface area contributed by atoms with Crippen LogP contribution in [0.4, 0.5) is 11.4 Å². The molecule has 1 fully saturated rings. The van der Waals surface area contributed by atoms with Gasteiger partial charge in [-0.3, -0.25) is 9.98 Å². The number of nitrogens with zero attached hydrogens (tertiary/aromatic N) is 4. The van der Waals surface area contributed by atoms with E-state index in [2.05, 4.69) is 16.0 Å². The highest BCUT2D eigenvalue weighted by atomic mass is 16.6. The lowest BCUT2D eigenvalue weighted by atomic mass is 9.94. The molecule has 1 aromatic carbocycles. The quantitative estimate of drug-likeness (QED) is 0.829. The average Bonchev–Trinajstić information content (AvgIpc) is 3.24. The van der Waals surface area contributed by atoms with Gasteiger partial charge < -0.3 is 4.90 Å². The third-order valence-corrected chi connectivity index (χ3v) is 5.11. The van der Waals surface area contributed by atoms with Crippen molar-refractivity contribution < 1.29 is 10.1 Å². The van der Waals surface area contributed by atoms with Crippen LogP contribution in [-0.2, 0) is 0 Å². The van der Waals surface area contributed by atoms with E-state index in [0.717, 1.165) is 73.4 Å². The Morgan fingerprint density at radius 1 is 1.15 bits per heavy atom. The summed E-state index contributed by atoms with van der Waals surface area (Å²) >= 11 is 0. The van der Waals surface area contributed by atoms with Crippen molar-refractivity contribution in [2.24, 2.45) is 4.99 Å². The number of anilines is 1. The highest BCUT2D eigenvalue weighted by Crippen LogP contribution is 2.32. The molecule has 138 valence electrons. The summed E-state index contributed by atoms with van der Waals surface area (Å²) in [4.78, 5) is 22.8. The van der Waals surface area contributed by atoms with Crippen molar-refractivity contribution in [1.82, 2.24) is 4.98 Å². The van der Waals surface area contributed by atoms with Gasteiger partial charge in [0.15, 0.2) is 0 Å². The predicted molar refractivity (Wildman–Crippen MR) is 106 cm³/mol. The lowest BCUT2D eigenvalue weighted by Gasteiger charge is -2.18. The lowest BCUT2D eigenvalue weighted by molar-refractivity contribution is -0.729. The molecule has 1 N–H and O–H groups in total. The first-order valence-corrected chi connectivity index (χ1v) is 9.43. The number of benzene rings is 1. The van der Waals surface area contributed by atoms with Gasteiger partial charge in [0.25, 0.3) is 4.92 Å². The summed E-state index contributed by atoms with van der Waals surface area (Å²) in [5.74, 6) is 0. The smallest absolute Gasteiger partial charge is 0.340 e. The Hall–Kier alpha value is -3.02. The van der Waals surface area contributed by atoms with Crippen molar-refractivity contribution >= 4 is 23.2 Å².